The van der Waals surface area contributed by atoms with Gasteiger partial charge in [-0.3, -0.25) is 9.69 Å². The lowest BCUT2D eigenvalue weighted by atomic mass is 9.97. The van der Waals surface area contributed by atoms with Crippen LogP contribution in [0.1, 0.15) is 0 Å². The lowest BCUT2D eigenvalue weighted by molar-refractivity contribution is -0.118. The Morgan fingerprint density at radius 3 is 2.81 bits per heavy atom. The molecule has 1 fully saturated rings. The monoisotopic (exact) mass is 367 g/mol. The predicted octanol–water partition coefficient (Wildman–Crippen LogP) is 2.02. The van der Waals surface area contributed by atoms with Gasteiger partial charge < -0.3 is 4.90 Å². The van der Waals surface area contributed by atoms with Crippen molar-refractivity contribution < 1.29 is 4.79 Å². The van der Waals surface area contributed by atoms with Crippen LogP contribution in [0, 0.1) is 5.92 Å². The summed E-state index contributed by atoms with van der Waals surface area (Å²) < 4.78 is 0. The van der Waals surface area contributed by atoms with Crippen molar-refractivity contribution in [1.29, 1.82) is 0 Å². The van der Waals surface area contributed by atoms with Crippen LogP contribution in [0.2, 0.25) is 0 Å². The Balaban J connectivity index is 1.24. The first-order valence-corrected chi connectivity index (χ1v) is 9.85. The Hall–Kier alpha value is -2.25. The van der Waals surface area contributed by atoms with Crippen LogP contribution in [0.3, 0.4) is 0 Å². The van der Waals surface area contributed by atoms with E-state index < -0.39 is 0 Å². The summed E-state index contributed by atoms with van der Waals surface area (Å²) >= 11 is 1.56. The SMILES string of the molecule is O=C1N=C(SCCN2CCN(c3ccccn3)CC2)N=C2C=CC=CC12. The topological polar surface area (TPSA) is 61.2 Å². The van der Waals surface area contributed by atoms with E-state index in [1.165, 1.54) is 0 Å². The van der Waals surface area contributed by atoms with Gasteiger partial charge in [-0.1, -0.05) is 36.1 Å². The third-order valence-corrected chi connectivity index (χ3v) is 5.51. The van der Waals surface area contributed by atoms with E-state index in [0.717, 1.165) is 50.0 Å². The van der Waals surface area contributed by atoms with Crippen LogP contribution in [0.25, 0.3) is 0 Å². The molecule has 3 aliphatic rings. The van der Waals surface area contributed by atoms with E-state index in [4.69, 9.17) is 0 Å². The van der Waals surface area contributed by atoms with Gasteiger partial charge in [0.2, 0.25) is 0 Å². The fourth-order valence-electron chi connectivity index (χ4n) is 3.22. The van der Waals surface area contributed by atoms with E-state index >= 15 is 0 Å². The molecule has 3 heterocycles. The number of amides is 1. The van der Waals surface area contributed by atoms with E-state index in [9.17, 15) is 4.79 Å². The number of anilines is 1. The standard InChI is InChI=1S/C19H21N5OS/c25-18-15-5-1-2-6-16(15)21-19(22-18)26-14-13-23-9-11-24(12-10-23)17-7-3-4-8-20-17/h1-8,15H,9-14H2. The zero-order chi connectivity index (χ0) is 17.8. The highest BCUT2D eigenvalue weighted by Crippen LogP contribution is 2.20. The van der Waals surface area contributed by atoms with Crippen LogP contribution in [0.15, 0.2) is 58.7 Å². The Morgan fingerprint density at radius 1 is 1.12 bits per heavy atom. The summed E-state index contributed by atoms with van der Waals surface area (Å²) in [6.07, 6.45) is 9.38. The fraction of sp³-hybridized carbons (Fsp3) is 0.368. The number of pyridine rings is 1. The molecule has 6 nitrogen and oxygen atoms in total. The number of carbonyl (C=O) groups is 1. The van der Waals surface area contributed by atoms with Crippen molar-refractivity contribution in [3.05, 3.63) is 48.7 Å². The van der Waals surface area contributed by atoms with Crippen molar-refractivity contribution in [3.8, 4) is 0 Å². The van der Waals surface area contributed by atoms with Gasteiger partial charge in [-0.05, 0) is 18.2 Å². The number of hydrogen-bond donors (Lipinski definition) is 0. The molecule has 0 radical (unpaired) electrons. The van der Waals surface area contributed by atoms with Gasteiger partial charge in [0.1, 0.15) is 11.7 Å². The van der Waals surface area contributed by atoms with Gasteiger partial charge in [-0.25, -0.2) is 9.98 Å². The molecular weight excluding hydrogens is 346 g/mol. The maximum atomic E-state index is 12.1. The first-order valence-electron chi connectivity index (χ1n) is 8.87. The first-order chi connectivity index (χ1) is 12.8. The molecule has 1 amide bonds. The summed E-state index contributed by atoms with van der Waals surface area (Å²) in [5, 5.41) is 0.591. The lowest BCUT2D eigenvalue weighted by Gasteiger charge is -2.35. The molecule has 0 spiro atoms. The van der Waals surface area contributed by atoms with Crippen LogP contribution in [0.5, 0.6) is 0 Å². The van der Waals surface area contributed by atoms with Crippen LogP contribution < -0.4 is 4.90 Å². The molecule has 0 saturated carbocycles. The number of allylic oxidation sites excluding steroid dienone is 3. The minimum atomic E-state index is -0.288. The van der Waals surface area contributed by atoms with Gasteiger partial charge >= 0.3 is 0 Å². The maximum Gasteiger partial charge on any atom is 0.261 e. The minimum Gasteiger partial charge on any atom is -0.354 e. The van der Waals surface area contributed by atoms with Crippen molar-refractivity contribution in [3.63, 3.8) is 0 Å². The molecule has 0 N–H and O–H groups in total. The van der Waals surface area contributed by atoms with E-state index in [0.29, 0.717) is 5.17 Å². The molecule has 4 rings (SSSR count). The molecule has 7 heteroatoms. The molecule has 1 aliphatic carbocycles. The fourth-order valence-corrected chi connectivity index (χ4v) is 4.08. The van der Waals surface area contributed by atoms with Gasteiger partial charge in [-0.2, -0.15) is 4.99 Å². The summed E-state index contributed by atoms with van der Waals surface area (Å²) in [5.41, 5.74) is 0.805. The molecular formula is C19H21N5OS. The molecule has 1 atom stereocenters. The normalized spacial score (nSPS) is 22.8. The number of fused-ring (bicyclic) bond motifs is 1. The maximum absolute atomic E-state index is 12.1. The van der Waals surface area contributed by atoms with Crippen molar-refractivity contribution in [2.45, 2.75) is 0 Å². The number of hydrogen-bond acceptors (Lipinski definition) is 6. The van der Waals surface area contributed by atoms with E-state index in [2.05, 4.69) is 30.8 Å². The van der Waals surface area contributed by atoms with Crippen molar-refractivity contribution in [1.82, 2.24) is 9.88 Å². The highest BCUT2D eigenvalue weighted by Gasteiger charge is 2.26. The van der Waals surface area contributed by atoms with E-state index in [1.807, 2.05) is 42.6 Å². The molecule has 1 unspecified atom stereocenters. The number of rotatable bonds is 4. The van der Waals surface area contributed by atoms with Gasteiger partial charge in [-0.15, -0.1) is 0 Å². The number of thioether (sulfide) groups is 1. The Bertz CT molecular complexity index is 778. The summed E-state index contributed by atoms with van der Waals surface area (Å²) in [7, 11) is 0. The highest BCUT2D eigenvalue weighted by molar-refractivity contribution is 8.13. The summed E-state index contributed by atoms with van der Waals surface area (Å²) in [4.78, 5) is 29.9. The molecule has 26 heavy (non-hydrogen) atoms. The van der Waals surface area contributed by atoms with Gasteiger partial charge in [0, 0.05) is 44.7 Å². The van der Waals surface area contributed by atoms with Crippen molar-refractivity contribution in [2.24, 2.45) is 15.9 Å². The second kappa shape index (κ2) is 7.97. The van der Waals surface area contributed by atoms with Crippen LogP contribution >= 0.6 is 11.8 Å². The van der Waals surface area contributed by atoms with E-state index in [-0.39, 0.29) is 11.8 Å². The summed E-state index contributed by atoms with van der Waals surface area (Å²) in [5.74, 6) is 1.54. The first kappa shape index (κ1) is 17.2. The average molecular weight is 367 g/mol. The second-order valence-electron chi connectivity index (χ2n) is 6.36. The van der Waals surface area contributed by atoms with Crippen LogP contribution in [-0.2, 0) is 4.79 Å². The minimum absolute atomic E-state index is 0.109. The Morgan fingerprint density at radius 2 is 2.00 bits per heavy atom. The largest absolute Gasteiger partial charge is 0.354 e. The number of carbonyl (C=O) groups excluding carboxylic acids is 1. The van der Waals surface area contributed by atoms with Gasteiger partial charge in [0.15, 0.2) is 5.17 Å². The Labute approximate surface area is 157 Å². The lowest BCUT2D eigenvalue weighted by Crippen LogP contribution is -2.47. The average Bonchev–Trinajstić information content (AvgIpc) is 2.69. The second-order valence-corrected chi connectivity index (χ2v) is 7.42. The van der Waals surface area contributed by atoms with Gasteiger partial charge in [0.25, 0.3) is 5.91 Å². The molecule has 1 aromatic rings. The molecule has 1 saturated heterocycles. The van der Waals surface area contributed by atoms with Crippen molar-refractivity contribution in [2.75, 3.05) is 43.4 Å². The number of nitrogens with zero attached hydrogens (tertiary/aromatic N) is 5. The summed E-state index contributed by atoms with van der Waals surface area (Å²) in [6, 6.07) is 6.03. The molecule has 0 aromatic carbocycles. The van der Waals surface area contributed by atoms with E-state index in [1.54, 1.807) is 11.8 Å². The Kier molecular flexibility index (Phi) is 5.26. The number of amidine groups is 1. The number of piperazine rings is 1. The molecule has 1 aromatic heterocycles. The third-order valence-electron chi connectivity index (χ3n) is 4.68. The zero-order valence-corrected chi connectivity index (χ0v) is 15.3. The quantitative estimate of drug-likeness (QED) is 0.815. The molecule has 134 valence electrons. The summed E-state index contributed by atoms with van der Waals surface area (Å²) in [6.45, 7) is 4.99. The molecule has 0 bridgehead atoms. The third kappa shape index (κ3) is 3.94. The highest BCUT2D eigenvalue weighted by atomic mass is 32.2. The zero-order valence-electron chi connectivity index (χ0n) is 14.5. The van der Waals surface area contributed by atoms with Crippen molar-refractivity contribution >= 4 is 34.4 Å². The van der Waals surface area contributed by atoms with Crippen LogP contribution in [0.4, 0.5) is 5.82 Å². The number of aromatic nitrogens is 1. The number of aliphatic imine (C=N–C) groups is 2. The smallest absolute Gasteiger partial charge is 0.261 e. The molecule has 2 aliphatic heterocycles. The van der Waals surface area contributed by atoms with Gasteiger partial charge in [0.05, 0.1) is 5.71 Å². The predicted molar refractivity (Wildman–Crippen MR) is 107 cm³/mol. The van der Waals surface area contributed by atoms with Crippen LogP contribution in [-0.4, -0.2) is 65.1 Å².